The second kappa shape index (κ2) is 6.27. The molecule has 0 spiro atoms. The van der Waals surface area contributed by atoms with Gasteiger partial charge in [-0.15, -0.1) is 0 Å². The Morgan fingerprint density at radius 3 is 2.83 bits per heavy atom. The molecule has 24 heavy (non-hydrogen) atoms. The quantitative estimate of drug-likeness (QED) is 0.787. The minimum atomic E-state index is -3.70. The number of benzene rings is 1. The minimum Gasteiger partial charge on any atom is -0.465 e. The smallest absolute Gasteiger partial charge is 0.337 e. The van der Waals surface area contributed by atoms with Gasteiger partial charge in [0.05, 0.1) is 24.6 Å². The molecule has 0 aliphatic carbocycles. The molecule has 2 aromatic rings. The molecule has 0 unspecified atom stereocenters. The van der Waals surface area contributed by atoms with Crippen LogP contribution in [0.15, 0.2) is 35.5 Å². The second-order valence-electron chi connectivity index (χ2n) is 5.50. The molecule has 8 heteroatoms. The van der Waals surface area contributed by atoms with Crippen LogP contribution in [-0.2, 0) is 27.7 Å². The number of carbonyl (C=O) groups excluding carboxylic acids is 1. The van der Waals surface area contributed by atoms with Gasteiger partial charge >= 0.3 is 5.97 Å². The average Bonchev–Trinajstić information content (AvgIpc) is 3.09. The van der Waals surface area contributed by atoms with Crippen LogP contribution < -0.4 is 4.31 Å². The Balaban J connectivity index is 2.05. The molecular formula is C16H19N3O4S. The van der Waals surface area contributed by atoms with Gasteiger partial charge in [0.25, 0.3) is 10.0 Å². The summed E-state index contributed by atoms with van der Waals surface area (Å²) in [6.45, 7) is 2.73. The molecular weight excluding hydrogens is 330 g/mol. The third-order valence-electron chi connectivity index (χ3n) is 4.11. The van der Waals surface area contributed by atoms with Gasteiger partial charge in [-0.05, 0) is 49.6 Å². The van der Waals surface area contributed by atoms with Crippen molar-refractivity contribution in [3.63, 3.8) is 0 Å². The van der Waals surface area contributed by atoms with Crippen molar-refractivity contribution in [3.05, 3.63) is 41.6 Å². The number of anilines is 1. The van der Waals surface area contributed by atoms with E-state index in [1.54, 1.807) is 18.2 Å². The van der Waals surface area contributed by atoms with E-state index in [9.17, 15) is 13.2 Å². The highest BCUT2D eigenvalue weighted by molar-refractivity contribution is 7.92. The van der Waals surface area contributed by atoms with Crippen molar-refractivity contribution in [2.75, 3.05) is 18.0 Å². The Hall–Kier alpha value is -2.35. The number of carbonyl (C=O) groups is 1. The van der Waals surface area contributed by atoms with E-state index in [1.165, 1.54) is 28.4 Å². The van der Waals surface area contributed by atoms with Gasteiger partial charge in [-0.25, -0.2) is 4.79 Å². The standard InChI is InChI=1S/C16H19N3O4S/c1-3-18-15(8-9-17-18)24(21,22)19-10-4-5-12-11-13(16(20)23-2)6-7-14(12)19/h6-9,11H,3-5,10H2,1-2H3. The maximum absolute atomic E-state index is 13.0. The van der Waals surface area contributed by atoms with Crippen LogP contribution in [0.1, 0.15) is 29.3 Å². The zero-order valence-electron chi connectivity index (χ0n) is 13.6. The van der Waals surface area contributed by atoms with Gasteiger partial charge in [0, 0.05) is 13.1 Å². The topological polar surface area (TPSA) is 81.5 Å². The first-order valence-electron chi connectivity index (χ1n) is 7.75. The summed E-state index contributed by atoms with van der Waals surface area (Å²) in [5, 5.41) is 4.23. The van der Waals surface area contributed by atoms with E-state index in [0.717, 1.165) is 12.0 Å². The van der Waals surface area contributed by atoms with Crippen molar-refractivity contribution in [1.82, 2.24) is 9.78 Å². The number of hydrogen-bond donors (Lipinski definition) is 0. The van der Waals surface area contributed by atoms with E-state index in [4.69, 9.17) is 4.74 Å². The summed E-state index contributed by atoms with van der Waals surface area (Å²) in [6.07, 6.45) is 2.90. The van der Waals surface area contributed by atoms with E-state index in [-0.39, 0.29) is 5.03 Å². The third-order valence-corrected chi connectivity index (χ3v) is 5.94. The third kappa shape index (κ3) is 2.66. The number of esters is 1. The summed E-state index contributed by atoms with van der Waals surface area (Å²) in [5.74, 6) is -0.429. The first-order valence-corrected chi connectivity index (χ1v) is 9.19. The molecule has 0 fully saturated rings. The Bertz CT molecular complexity index is 873. The van der Waals surface area contributed by atoms with Crippen molar-refractivity contribution < 1.29 is 17.9 Å². The number of hydrogen-bond acceptors (Lipinski definition) is 5. The molecule has 7 nitrogen and oxygen atoms in total. The number of methoxy groups -OCH3 is 1. The van der Waals surface area contributed by atoms with Crippen LogP contribution in [-0.4, -0.2) is 37.8 Å². The largest absolute Gasteiger partial charge is 0.465 e. The number of nitrogens with zero attached hydrogens (tertiary/aromatic N) is 3. The minimum absolute atomic E-state index is 0.176. The molecule has 128 valence electrons. The number of rotatable bonds is 4. The van der Waals surface area contributed by atoms with Crippen molar-refractivity contribution in [2.24, 2.45) is 0 Å². The lowest BCUT2D eigenvalue weighted by Gasteiger charge is -2.30. The van der Waals surface area contributed by atoms with Gasteiger partial charge in [-0.2, -0.15) is 13.5 Å². The van der Waals surface area contributed by atoms with E-state index in [1.807, 2.05) is 6.92 Å². The van der Waals surface area contributed by atoms with Gasteiger partial charge in [0.15, 0.2) is 5.03 Å². The highest BCUT2D eigenvalue weighted by atomic mass is 32.2. The SMILES string of the molecule is CCn1nccc1S(=O)(=O)N1CCCc2cc(C(=O)OC)ccc21. The Morgan fingerprint density at radius 1 is 1.33 bits per heavy atom. The fraction of sp³-hybridized carbons (Fsp3) is 0.375. The number of aryl methyl sites for hydroxylation is 2. The van der Waals surface area contributed by atoms with E-state index in [2.05, 4.69) is 5.10 Å². The van der Waals surface area contributed by atoms with Crippen molar-refractivity contribution >= 4 is 21.7 Å². The highest BCUT2D eigenvalue weighted by Gasteiger charge is 2.31. The fourth-order valence-electron chi connectivity index (χ4n) is 2.95. The molecule has 0 amide bonds. The Labute approximate surface area is 140 Å². The maximum Gasteiger partial charge on any atom is 0.337 e. The monoisotopic (exact) mass is 349 g/mol. The molecule has 0 saturated heterocycles. The summed E-state index contributed by atoms with van der Waals surface area (Å²) in [4.78, 5) is 11.7. The summed E-state index contributed by atoms with van der Waals surface area (Å²) in [5.41, 5.74) is 1.86. The molecule has 1 aromatic heterocycles. The number of fused-ring (bicyclic) bond motifs is 1. The van der Waals surface area contributed by atoms with E-state index < -0.39 is 16.0 Å². The molecule has 0 atom stereocenters. The summed E-state index contributed by atoms with van der Waals surface area (Å²) in [6, 6.07) is 6.48. The predicted octanol–water partition coefficient (Wildman–Crippen LogP) is 1.83. The number of sulfonamides is 1. The molecule has 0 bridgehead atoms. The van der Waals surface area contributed by atoms with Gasteiger partial charge in [0.2, 0.25) is 0 Å². The van der Waals surface area contributed by atoms with Gasteiger partial charge in [-0.3, -0.25) is 8.99 Å². The molecule has 3 rings (SSSR count). The summed E-state index contributed by atoms with van der Waals surface area (Å²) in [7, 11) is -2.37. The zero-order chi connectivity index (χ0) is 17.3. The average molecular weight is 349 g/mol. The predicted molar refractivity (Wildman–Crippen MR) is 88.5 cm³/mol. The van der Waals surface area contributed by atoms with Crippen LogP contribution in [0.5, 0.6) is 0 Å². The second-order valence-corrected chi connectivity index (χ2v) is 7.31. The number of ether oxygens (including phenoxy) is 1. The van der Waals surface area contributed by atoms with Crippen LogP contribution >= 0.6 is 0 Å². The zero-order valence-corrected chi connectivity index (χ0v) is 14.4. The molecule has 0 radical (unpaired) electrons. The lowest BCUT2D eigenvalue weighted by Crippen LogP contribution is -2.36. The van der Waals surface area contributed by atoms with E-state index in [0.29, 0.717) is 30.8 Å². The van der Waals surface area contributed by atoms with E-state index >= 15 is 0 Å². The van der Waals surface area contributed by atoms with Crippen LogP contribution in [0.4, 0.5) is 5.69 Å². The normalized spacial score (nSPS) is 14.3. The van der Waals surface area contributed by atoms with Crippen LogP contribution in [0.2, 0.25) is 0 Å². The van der Waals surface area contributed by atoms with Gasteiger partial charge < -0.3 is 4.74 Å². The molecule has 1 aliphatic heterocycles. The highest BCUT2D eigenvalue weighted by Crippen LogP contribution is 2.32. The lowest BCUT2D eigenvalue weighted by atomic mass is 10.0. The molecule has 2 heterocycles. The molecule has 1 aliphatic rings. The Kier molecular flexibility index (Phi) is 4.31. The summed E-state index contributed by atoms with van der Waals surface area (Å²) < 4.78 is 33.7. The van der Waals surface area contributed by atoms with Crippen LogP contribution in [0, 0.1) is 0 Å². The Morgan fingerprint density at radius 2 is 2.12 bits per heavy atom. The molecule has 0 saturated carbocycles. The van der Waals surface area contributed by atoms with Gasteiger partial charge in [0.1, 0.15) is 0 Å². The number of aromatic nitrogens is 2. The van der Waals surface area contributed by atoms with Crippen LogP contribution in [0.3, 0.4) is 0 Å². The maximum atomic E-state index is 13.0. The first kappa shape index (κ1) is 16.5. The van der Waals surface area contributed by atoms with Crippen molar-refractivity contribution in [3.8, 4) is 0 Å². The summed E-state index contributed by atoms with van der Waals surface area (Å²) >= 11 is 0. The van der Waals surface area contributed by atoms with Crippen molar-refractivity contribution in [1.29, 1.82) is 0 Å². The van der Waals surface area contributed by atoms with Crippen molar-refractivity contribution in [2.45, 2.75) is 31.3 Å². The molecule has 1 aromatic carbocycles. The van der Waals surface area contributed by atoms with Crippen LogP contribution in [0.25, 0.3) is 0 Å². The fourth-order valence-corrected chi connectivity index (χ4v) is 4.65. The first-order chi connectivity index (χ1) is 11.5. The van der Waals surface area contributed by atoms with Gasteiger partial charge in [-0.1, -0.05) is 0 Å². The lowest BCUT2D eigenvalue weighted by molar-refractivity contribution is 0.0600. The molecule has 0 N–H and O–H groups in total.